The predicted molar refractivity (Wildman–Crippen MR) is 39.4 cm³/mol. The van der Waals surface area contributed by atoms with Crippen molar-refractivity contribution in [1.82, 2.24) is 10.6 Å². The van der Waals surface area contributed by atoms with Crippen LogP contribution in [0.25, 0.3) is 0 Å². The fraction of sp³-hybridized carbons (Fsp3) is 0.571. The van der Waals surface area contributed by atoms with E-state index >= 15 is 0 Å². The van der Waals surface area contributed by atoms with Crippen LogP contribution in [0.3, 0.4) is 0 Å². The third-order valence-electron chi connectivity index (χ3n) is 1.48. The van der Waals surface area contributed by atoms with Gasteiger partial charge in [0.15, 0.2) is 0 Å². The topological polar surface area (TPSA) is 47.9 Å². The second kappa shape index (κ2) is 4.04. The Morgan fingerprint density at radius 1 is 1.50 bits per heavy atom. The second-order valence-electron chi connectivity index (χ2n) is 2.25. The van der Waals surface area contributed by atoms with Crippen LogP contribution in [0.4, 0.5) is 0 Å². The van der Waals surface area contributed by atoms with E-state index in [1.165, 1.54) is 6.08 Å². The summed E-state index contributed by atoms with van der Waals surface area (Å²) in [6, 6.07) is 2.31. The number of allylic oxidation sites excluding steroid dienone is 1. The molecule has 1 heterocycles. The maximum absolute atomic E-state index is 8.21. The van der Waals surface area contributed by atoms with Crippen molar-refractivity contribution < 1.29 is 0 Å². The number of piperazine rings is 1. The zero-order valence-electron chi connectivity index (χ0n) is 5.80. The standard InChI is InChI=1S/C7H11N3/c8-3-1-2-7-6-9-4-5-10-7/h1-2,7,9-10H,4-6H2/b2-1+. The van der Waals surface area contributed by atoms with E-state index in [1.807, 2.05) is 12.1 Å². The van der Waals surface area contributed by atoms with Crippen molar-refractivity contribution in [2.24, 2.45) is 0 Å². The van der Waals surface area contributed by atoms with Gasteiger partial charge in [0.05, 0.1) is 6.07 Å². The Balaban J connectivity index is 2.27. The van der Waals surface area contributed by atoms with Gasteiger partial charge in [-0.3, -0.25) is 0 Å². The Labute approximate surface area is 60.7 Å². The molecule has 1 saturated heterocycles. The smallest absolute Gasteiger partial charge is 0.0909 e. The first-order valence-corrected chi connectivity index (χ1v) is 3.44. The van der Waals surface area contributed by atoms with Crippen LogP contribution in [0.1, 0.15) is 0 Å². The van der Waals surface area contributed by atoms with Gasteiger partial charge in [-0.15, -0.1) is 0 Å². The van der Waals surface area contributed by atoms with E-state index in [2.05, 4.69) is 10.6 Å². The van der Waals surface area contributed by atoms with Gasteiger partial charge in [-0.25, -0.2) is 0 Å². The first kappa shape index (κ1) is 7.26. The molecule has 0 aromatic carbocycles. The quantitative estimate of drug-likeness (QED) is 0.485. The molecule has 0 aromatic heterocycles. The van der Waals surface area contributed by atoms with Crippen molar-refractivity contribution in [2.75, 3.05) is 19.6 Å². The number of nitriles is 1. The third kappa shape index (κ3) is 2.18. The molecule has 10 heavy (non-hydrogen) atoms. The van der Waals surface area contributed by atoms with E-state index in [1.54, 1.807) is 0 Å². The molecule has 0 radical (unpaired) electrons. The lowest BCUT2D eigenvalue weighted by Crippen LogP contribution is -2.47. The summed E-state index contributed by atoms with van der Waals surface area (Å²) in [6.45, 7) is 2.94. The van der Waals surface area contributed by atoms with Crippen molar-refractivity contribution in [2.45, 2.75) is 6.04 Å². The van der Waals surface area contributed by atoms with Crippen LogP contribution in [0, 0.1) is 11.3 Å². The highest BCUT2D eigenvalue weighted by atomic mass is 15.0. The van der Waals surface area contributed by atoms with Gasteiger partial charge in [-0.2, -0.15) is 5.26 Å². The van der Waals surface area contributed by atoms with Gasteiger partial charge < -0.3 is 10.6 Å². The van der Waals surface area contributed by atoms with Crippen LogP contribution >= 0.6 is 0 Å². The van der Waals surface area contributed by atoms with Gasteiger partial charge >= 0.3 is 0 Å². The Hall–Kier alpha value is -0.850. The molecular formula is C7H11N3. The van der Waals surface area contributed by atoms with Crippen LogP contribution in [-0.4, -0.2) is 25.7 Å². The number of hydrogen-bond acceptors (Lipinski definition) is 3. The molecule has 0 aliphatic carbocycles. The van der Waals surface area contributed by atoms with Crippen LogP contribution in [-0.2, 0) is 0 Å². The van der Waals surface area contributed by atoms with E-state index in [0.29, 0.717) is 6.04 Å². The zero-order chi connectivity index (χ0) is 7.23. The van der Waals surface area contributed by atoms with E-state index in [9.17, 15) is 0 Å². The lowest BCUT2D eigenvalue weighted by molar-refractivity contribution is 0.471. The van der Waals surface area contributed by atoms with Crippen LogP contribution in [0.15, 0.2) is 12.2 Å². The van der Waals surface area contributed by atoms with Crippen molar-refractivity contribution in [1.29, 1.82) is 5.26 Å². The van der Waals surface area contributed by atoms with Gasteiger partial charge in [-0.05, 0) is 0 Å². The molecule has 54 valence electrons. The molecule has 1 unspecified atom stereocenters. The number of nitrogens with zero attached hydrogens (tertiary/aromatic N) is 1. The average Bonchev–Trinajstić information content (AvgIpc) is 2.03. The van der Waals surface area contributed by atoms with Gasteiger partial charge in [0.1, 0.15) is 0 Å². The van der Waals surface area contributed by atoms with Crippen molar-refractivity contribution in [3.63, 3.8) is 0 Å². The molecule has 2 N–H and O–H groups in total. The fourth-order valence-corrected chi connectivity index (χ4v) is 0.971. The van der Waals surface area contributed by atoms with Gasteiger partial charge in [0.25, 0.3) is 0 Å². The summed E-state index contributed by atoms with van der Waals surface area (Å²) >= 11 is 0. The van der Waals surface area contributed by atoms with E-state index in [4.69, 9.17) is 5.26 Å². The lowest BCUT2D eigenvalue weighted by atomic mass is 10.2. The Bertz CT molecular complexity index is 151. The first-order valence-electron chi connectivity index (χ1n) is 3.44. The summed E-state index contributed by atoms with van der Waals surface area (Å²) in [5, 5.41) is 14.7. The fourth-order valence-electron chi connectivity index (χ4n) is 0.971. The minimum Gasteiger partial charge on any atom is -0.314 e. The molecule has 1 aliphatic rings. The maximum atomic E-state index is 8.21. The normalized spacial score (nSPS) is 26.5. The highest BCUT2D eigenvalue weighted by Crippen LogP contribution is 1.87. The van der Waals surface area contributed by atoms with Crippen molar-refractivity contribution in [3.8, 4) is 6.07 Å². The maximum Gasteiger partial charge on any atom is 0.0909 e. The minimum absolute atomic E-state index is 0.341. The van der Waals surface area contributed by atoms with Gasteiger partial charge in [0, 0.05) is 31.8 Å². The molecule has 1 rings (SSSR count). The molecule has 0 bridgehead atoms. The molecular weight excluding hydrogens is 126 g/mol. The van der Waals surface area contributed by atoms with Gasteiger partial charge in [0.2, 0.25) is 0 Å². The van der Waals surface area contributed by atoms with Crippen LogP contribution in [0.5, 0.6) is 0 Å². The molecule has 0 spiro atoms. The summed E-state index contributed by atoms with van der Waals surface area (Å²) in [4.78, 5) is 0. The van der Waals surface area contributed by atoms with Crippen molar-refractivity contribution >= 4 is 0 Å². The van der Waals surface area contributed by atoms with E-state index < -0.39 is 0 Å². The first-order chi connectivity index (χ1) is 4.93. The Morgan fingerprint density at radius 2 is 2.40 bits per heavy atom. The van der Waals surface area contributed by atoms with Gasteiger partial charge in [-0.1, -0.05) is 6.08 Å². The lowest BCUT2D eigenvalue weighted by Gasteiger charge is -2.20. The number of hydrogen-bond donors (Lipinski definition) is 2. The largest absolute Gasteiger partial charge is 0.314 e. The summed E-state index contributed by atoms with van der Waals surface area (Å²) in [7, 11) is 0. The Morgan fingerprint density at radius 3 is 3.00 bits per heavy atom. The molecule has 0 aromatic rings. The molecule has 1 fully saturated rings. The highest BCUT2D eigenvalue weighted by Gasteiger charge is 2.06. The molecule has 1 atom stereocenters. The Kier molecular flexibility index (Phi) is 2.94. The number of rotatable bonds is 1. The zero-order valence-corrected chi connectivity index (χ0v) is 5.80. The molecule has 3 heteroatoms. The second-order valence-corrected chi connectivity index (χ2v) is 2.25. The number of nitrogens with one attached hydrogen (secondary N) is 2. The molecule has 3 nitrogen and oxygen atoms in total. The molecule has 0 saturated carbocycles. The molecule has 1 aliphatic heterocycles. The van der Waals surface area contributed by atoms with Crippen LogP contribution in [0.2, 0.25) is 0 Å². The summed E-state index contributed by atoms with van der Waals surface area (Å²) in [5.41, 5.74) is 0. The highest BCUT2D eigenvalue weighted by molar-refractivity contribution is 5.07. The van der Waals surface area contributed by atoms with E-state index in [-0.39, 0.29) is 0 Å². The third-order valence-corrected chi connectivity index (χ3v) is 1.48. The van der Waals surface area contributed by atoms with Crippen molar-refractivity contribution in [3.05, 3.63) is 12.2 Å². The average molecular weight is 137 g/mol. The predicted octanol–water partition coefficient (Wildman–Crippen LogP) is -0.372. The monoisotopic (exact) mass is 137 g/mol. The summed E-state index contributed by atoms with van der Waals surface area (Å²) in [6.07, 6.45) is 3.40. The molecule has 0 amide bonds. The minimum atomic E-state index is 0.341. The SMILES string of the molecule is N#C/C=C/C1CNCCN1. The summed E-state index contributed by atoms with van der Waals surface area (Å²) < 4.78 is 0. The van der Waals surface area contributed by atoms with Crippen LogP contribution < -0.4 is 10.6 Å². The van der Waals surface area contributed by atoms with E-state index in [0.717, 1.165) is 19.6 Å². The summed E-state index contributed by atoms with van der Waals surface area (Å²) in [5.74, 6) is 0.